The van der Waals surface area contributed by atoms with Crippen molar-refractivity contribution in [2.45, 2.75) is 6.17 Å². The molecule has 2 N–H and O–H groups in total. The van der Waals surface area contributed by atoms with Crippen LogP contribution in [-0.4, -0.2) is 11.9 Å². The topological polar surface area (TPSA) is 41.1 Å². The number of fused-ring (bicyclic) bond motifs is 1. The van der Waals surface area contributed by atoms with Gasteiger partial charge in [0.15, 0.2) is 6.17 Å². The number of carbonyl (C=O) groups is 1. The van der Waals surface area contributed by atoms with E-state index in [1.807, 2.05) is 54.6 Å². The molecule has 0 saturated carbocycles. The Labute approximate surface area is 99.5 Å². The summed E-state index contributed by atoms with van der Waals surface area (Å²) in [5.74, 6) is 0.0572. The van der Waals surface area contributed by atoms with E-state index >= 15 is 0 Å². The normalized spacial score (nSPS) is 13.6. The van der Waals surface area contributed by atoms with Gasteiger partial charge in [0.05, 0.1) is 11.4 Å². The molecule has 1 aliphatic heterocycles. The summed E-state index contributed by atoms with van der Waals surface area (Å²) in [6.45, 7) is 0. The first-order chi connectivity index (χ1) is 8.34. The second-order valence-corrected chi connectivity index (χ2v) is 4.00. The predicted molar refractivity (Wildman–Crippen MR) is 68.2 cm³/mol. The summed E-state index contributed by atoms with van der Waals surface area (Å²) in [7, 11) is 0. The molecule has 0 atom stereocenters. The smallest absolute Gasteiger partial charge is 0.205 e. The van der Waals surface area contributed by atoms with Crippen molar-refractivity contribution in [1.29, 1.82) is 0 Å². The molecular weight excluding hydrogens is 212 g/mol. The van der Waals surface area contributed by atoms with Gasteiger partial charge in [-0.1, -0.05) is 42.5 Å². The SMILES string of the molecule is O=C(c1ccccc1)C1Nc2ccccc2N1. The third kappa shape index (κ3) is 1.76. The van der Waals surface area contributed by atoms with Gasteiger partial charge in [0.1, 0.15) is 0 Å². The second kappa shape index (κ2) is 3.94. The third-order valence-electron chi connectivity index (χ3n) is 2.85. The molecule has 0 spiro atoms. The zero-order valence-electron chi connectivity index (χ0n) is 9.18. The maximum Gasteiger partial charge on any atom is 0.205 e. The average molecular weight is 224 g/mol. The maximum atomic E-state index is 12.2. The molecule has 2 aromatic rings. The van der Waals surface area contributed by atoms with E-state index in [2.05, 4.69) is 10.6 Å². The molecule has 1 aliphatic rings. The first-order valence-electron chi connectivity index (χ1n) is 5.56. The molecule has 0 radical (unpaired) electrons. The molecule has 3 heteroatoms. The zero-order valence-corrected chi connectivity index (χ0v) is 9.18. The highest BCUT2D eigenvalue weighted by atomic mass is 16.1. The lowest BCUT2D eigenvalue weighted by molar-refractivity contribution is 0.0980. The number of para-hydroxylation sites is 2. The minimum atomic E-state index is -0.366. The Balaban J connectivity index is 1.84. The van der Waals surface area contributed by atoms with Gasteiger partial charge < -0.3 is 10.6 Å². The van der Waals surface area contributed by atoms with Crippen molar-refractivity contribution in [3.63, 3.8) is 0 Å². The molecule has 1 heterocycles. The Bertz CT molecular complexity index is 526. The number of nitrogens with one attached hydrogen (secondary N) is 2. The molecular formula is C14H12N2O. The lowest BCUT2D eigenvalue weighted by atomic mass is 10.1. The van der Waals surface area contributed by atoms with Crippen LogP contribution in [0.4, 0.5) is 11.4 Å². The summed E-state index contributed by atoms with van der Waals surface area (Å²) in [6.07, 6.45) is -0.366. The highest BCUT2D eigenvalue weighted by Crippen LogP contribution is 2.28. The van der Waals surface area contributed by atoms with Crippen LogP contribution in [0.5, 0.6) is 0 Å². The van der Waals surface area contributed by atoms with Gasteiger partial charge in [-0.05, 0) is 12.1 Å². The van der Waals surface area contributed by atoms with E-state index in [4.69, 9.17) is 0 Å². The van der Waals surface area contributed by atoms with Crippen LogP contribution in [0.3, 0.4) is 0 Å². The Morgan fingerprint density at radius 3 is 1.94 bits per heavy atom. The fourth-order valence-corrected chi connectivity index (χ4v) is 1.98. The minimum absolute atomic E-state index is 0.0572. The van der Waals surface area contributed by atoms with Crippen LogP contribution in [-0.2, 0) is 0 Å². The van der Waals surface area contributed by atoms with Gasteiger partial charge in [-0.15, -0.1) is 0 Å². The number of rotatable bonds is 2. The third-order valence-corrected chi connectivity index (χ3v) is 2.85. The number of hydrogen-bond acceptors (Lipinski definition) is 3. The van der Waals surface area contributed by atoms with Gasteiger partial charge in [0, 0.05) is 5.56 Å². The molecule has 0 fully saturated rings. The summed E-state index contributed by atoms with van der Waals surface area (Å²) < 4.78 is 0. The molecule has 0 amide bonds. The summed E-state index contributed by atoms with van der Waals surface area (Å²) in [6, 6.07) is 17.1. The van der Waals surface area contributed by atoms with Crippen molar-refractivity contribution in [2.24, 2.45) is 0 Å². The van der Waals surface area contributed by atoms with Crippen LogP contribution < -0.4 is 10.6 Å². The minimum Gasteiger partial charge on any atom is -0.357 e. The number of Topliss-reactive ketones (excluding diaryl/α,β-unsaturated/α-hetero) is 1. The molecule has 0 saturated heterocycles. The van der Waals surface area contributed by atoms with Crippen molar-refractivity contribution in [1.82, 2.24) is 0 Å². The predicted octanol–water partition coefficient (Wildman–Crippen LogP) is 2.73. The Morgan fingerprint density at radius 1 is 0.824 bits per heavy atom. The van der Waals surface area contributed by atoms with E-state index in [1.165, 1.54) is 0 Å². The van der Waals surface area contributed by atoms with Crippen LogP contribution in [0.25, 0.3) is 0 Å². The van der Waals surface area contributed by atoms with Crippen molar-refractivity contribution >= 4 is 17.2 Å². The fraction of sp³-hybridized carbons (Fsp3) is 0.0714. The number of carbonyl (C=O) groups excluding carboxylic acids is 1. The van der Waals surface area contributed by atoms with Crippen molar-refractivity contribution in [3.8, 4) is 0 Å². The summed E-state index contributed by atoms with van der Waals surface area (Å²) in [4.78, 5) is 12.2. The molecule has 17 heavy (non-hydrogen) atoms. The largest absolute Gasteiger partial charge is 0.357 e. The lowest BCUT2D eigenvalue weighted by Gasteiger charge is -2.10. The number of anilines is 2. The average Bonchev–Trinajstić information content (AvgIpc) is 2.82. The first-order valence-corrected chi connectivity index (χ1v) is 5.56. The number of benzene rings is 2. The summed E-state index contributed by atoms with van der Waals surface area (Å²) >= 11 is 0. The van der Waals surface area contributed by atoms with Crippen LogP contribution in [0.2, 0.25) is 0 Å². The quantitative estimate of drug-likeness (QED) is 0.771. The van der Waals surface area contributed by atoms with E-state index in [9.17, 15) is 4.79 Å². The molecule has 84 valence electrons. The Hall–Kier alpha value is -2.29. The summed E-state index contributed by atoms with van der Waals surface area (Å²) in [5.41, 5.74) is 2.66. The Morgan fingerprint density at radius 2 is 1.35 bits per heavy atom. The second-order valence-electron chi connectivity index (χ2n) is 4.00. The molecule has 3 rings (SSSR count). The van der Waals surface area contributed by atoms with Crippen molar-refractivity contribution in [3.05, 3.63) is 60.2 Å². The van der Waals surface area contributed by atoms with Gasteiger partial charge in [0.2, 0.25) is 5.78 Å². The van der Waals surface area contributed by atoms with Gasteiger partial charge in [-0.25, -0.2) is 0 Å². The van der Waals surface area contributed by atoms with Crippen LogP contribution >= 0.6 is 0 Å². The highest BCUT2D eigenvalue weighted by molar-refractivity contribution is 6.05. The monoisotopic (exact) mass is 224 g/mol. The number of ketones is 1. The van der Waals surface area contributed by atoms with E-state index in [1.54, 1.807) is 0 Å². The summed E-state index contributed by atoms with van der Waals surface area (Å²) in [5, 5.41) is 6.34. The van der Waals surface area contributed by atoms with Crippen LogP contribution in [0, 0.1) is 0 Å². The lowest BCUT2D eigenvalue weighted by Crippen LogP contribution is -2.32. The Kier molecular flexibility index (Phi) is 2.29. The molecule has 0 aliphatic carbocycles. The fourth-order valence-electron chi connectivity index (χ4n) is 1.98. The van der Waals surface area contributed by atoms with Crippen molar-refractivity contribution < 1.29 is 4.79 Å². The van der Waals surface area contributed by atoms with Crippen molar-refractivity contribution in [2.75, 3.05) is 10.6 Å². The standard InChI is InChI=1S/C14H12N2O/c17-13(10-6-2-1-3-7-10)14-15-11-8-4-5-9-12(11)16-14/h1-9,14-16H. The van der Waals surface area contributed by atoms with Crippen LogP contribution in [0.1, 0.15) is 10.4 Å². The van der Waals surface area contributed by atoms with Gasteiger partial charge in [-0.2, -0.15) is 0 Å². The number of hydrogen-bond donors (Lipinski definition) is 2. The highest BCUT2D eigenvalue weighted by Gasteiger charge is 2.25. The van der Waals surface area contributed by atoms with E-state index in [0.29, 0.717) is 5.56 Å². The van der Waals surface area contributed by atoms with E-state index in [-0.39, 0.29) is 11.9 Å². The van der Waals surface area contributed by atoms with Gasteiger partial charge in [0.25, 0.3) is 0 Å². The first kappa shape index (κ1) is 9.90. The van der Waals surface area contributed by atoms with E-state index in [0.717, 1.165) is 11.4 Å². The molecule has 0 aromatic heterocycles. The maximum absolute atomic E-state index is 12.2. The van der Waals surface area contributed by atoms with E-state index < -0.39 is 0 Å². The zero-order chi connectivity index (χ0) is 11.7. The molecule has 0 unspecified atom stereocenters. The molecule has 0 bridgehead atoms. The van der Waals surface area contributed by atoms with Gasteiger partial charge in [-0.3, -0.25) is 4.79 Å². The van der Waals surface area contributed by atoms with Gasteiger partial charge >= 0.3 is 0 Å². The molecule has 2 aromatic carbocycles. The van der Waals surface area contributed by atoms with Crippen LogP contribution in [0.15, 0.2) is 54.6 Å². The molecule has 3 nitrogen and oxygen atoms in total.